The molecule has 0 aliphatic heterocycles. The van der Waals surface area contributed by atoms with E-state index in [0.29, 0.717) is 13.1 Å². The number of hydrogen-bond donors (Lipinski definition) is 0. The average molecular weight is 207 g/mol. The van der Waals surface area contributed by atoms with Crippen molar-refractivity contribution in [1.82, 2.24) is 0 Å². The molecule has 0 bridgehead atoms. The molecule has 0 unspecified atom stereocenters. The normalized spacial score (nSPS) is 10.0. The van der Waals surface area contributed by atoms with Gasteiger partial charge in [-0.05, 0) is 30.7 Å². The summed E-state index contributed by atoms with van der Waals surface area (Å²) in [6.45, 7) is 6.84. The number of hydrogen-bond acceptors (Lipinski definition) is 2. The van der Waals surface area contributed by atoms with E-state index in [4.69, 9.17) is 0 Å². The Morgan fingerprint density at radius 2 is 1.87 bits per heavy atom. The minimum absolute atomic E-state index is 0.562. The van der Waals surface area contributed by atoms with Crippen molar-refractivity contribution < 1.29 is 4.76 Å². The van der Waals surface area contributed by atoms with Crippen molar-refractivity contribution in [2.75, 3.05) is 31.1 Å². The van der Waals surface area contributed by atoms with Crippen LogP contribution in [0.5, 0.6) is 0 Å². The highest BCUT2D eigenvalue weighted by molar-refractivity contribution is 5.45. The first-order valence-corrected chi connectivity index (χ1v) is 5.50. The van der Waals surface area contributed by atoms with Crippen molar-refractivity contribution in [1.29, 1.82) is 0 Å². The second kappa shape index (κ2) is 6.17. The van der Waals surface area contributed by atoms with Crippen LogP contribution in [-0.2, 0) is 0 Å². The second-order valence-corrected chi connectivity index (χ2v) is 3.44. The highest BCUT2D eigenvalue weighted by atomic mass is 16.3. The van der Waals surface area contributed by atoms with Gasteiger partial charge in [0.1, 0.15) is 0 Å². The molecule has 0 saturated heterocycles. The molecular weight excluding hydrogens is 188 g/mol. The lowest BCUT2D eigenvalue weighted by Crippen LogP contribution is -2.29. The summed E-state index contributed by atoms with van der Waals surface area (Å²) in [6.07, 6.45) is 0. The number of rotatable bonds is 6. The number of benzene rings is 1. The Morgan fingerprint density at radius 3 is 2.40 bits per heavy atom. The zero-order chi connectivity index (χ0) is 11.1. The molecule has 0 saturated carbocycles. The number of nitrogens with zero attached hydrogens (tertiary/aromatic N) is 2. The molecule has 3 nitrogen and oxygen atoms in total. The molecule has 0 aliphatic carbocycles. The molecule has 3 heteroatoms. The van der Waals surface area contributed by atoms with Gasteiger partial charge in [-0.25, -0.2) is 0 Å². The summed E-state index contributed by atoms with van der Waals surface area (Å²) >= 11 is 0. The lowest BCUT2D eigenvalue weighted by molar-refractivity contribution is -0.542. The second-order valence-electron chi connectivity index (χ2n) is 3.44. The molecule has 0 aliphatic rings. The Morgan fingerprint density at radius 1 is 1.20 bits per heavy atom. The van der Waals surface area contributed by atoms with Crippen molar-refractivity contribution in [3.05, 3.63) is 35.2 Å². The minimum atomic E-state index is 0.562. The van der Waals surface area contributed by atoms with Crippen molar-refractivity contribution in [2.24, 2.45) is 0 Å². The average Bonchev–Trinajstić information content (AvgIpc) is 2.31. The summed E-state index contributed by atoms with van der Waals surface area (Å²) in [5.74, 6) is 0. The van der Waals surface area contributed by atoms with Crippen LogP contribution in [0.2, 0.25) is 0 Å². The summed E-state index contributed by atoms with van der Waals surface area (Å²) < 4.78 is 1.09. The van der Waals surface area contributed by atoms with Crippen LogP contribution >= 0.6 is 0 Å². The van der Waals surface area contributed by atoms with Crippen molar-refractivity contribution in [3.8, 4) is 0 Å². The predicted molar refractivity (Wildman–Crippen MR) is 63.4 cm³/mol. The first-order valence-electron chi connectivity index (χ1n) is 5.50. The summed E-state index contributed by atoms with van der Waals surface area (Å²) in [7, 11) is 0. The Bertz CT molecular complexity index is 298. The summed E-state index contributed by atoms with van der Waals surface area (Å²) in [5.41, 5.74) is 1.18. The topological polar surface area (TPSA) is 23.3 Å². The number of nitroso groups, excluding NO2 is 1. The SMILES string of the molecule is CCN(CC[N+](=O)CC)c1ccccc1. The Balaban J connectivity index is 2.53. The van der Waals surface area contributed by atoms with E-state index >= 15 is 0 Å². The highest BCUT2D eigenvalue weighted by Crippen LogP contribution is 2.11. The molecule has 0 radical (unpaired) electrons. The Hall–Kier alpha value is -1.38. The van der Waals surface area contributed by atoms with E-state index in [1.807, 2.05) is 25.1 Å². The molecule has 0 atom stereocenters. The van der Waals surface area contributed by atoms with Crippen molar-refractivity contribution >= 4 is 5.69 Å². The number of anilines is 1. The van der Waals surface area contributed by atoms with Gasteiger partial charge in [-0.15, -0.1) is 0 Å². The maximum absolute atomic E-state index is 11.2. The zero-order valence-corrected chi connectivity index (χ0v) is 9.52. The van der Waals surface area contributed by atoms with Crippen LogP contribution in [0.3, 0.4) is 0 Å². The van der Waals surface area contributed by atoms with Gasteiger partial charge in [0.2, 0.25) is 6.54 Å². The highest BCUT2D eigenvalue weighted by Gasteiger charge is 2.09. The van der Waals surface area contributed by atoms with Gasteiger partial charge in [-0.1, -0.05) is 18.2 Å². The molecular formula is C12H19N2O+. The third kappa shape index (κ3) is 3.70. The first-order chi connectivity index (χ1) is 7.27. The van der Waals surface area contributed by atoms with E-state index in [2.05, 4.69) is 24.0 Å². The third-order valence-electron chi connectivity index (χ3n) is 2.48. The predicted octanol–water partition coefficient (Wildman–Crippen LogP) is 2.31. The van der Waals surface area contributed by atoms with E-state index in [9.17, 15) is 4.91 Å². The summed E-state index contributed by atoms with van der Waals surface area (Å²) in [6, 6.07) is 10.2. The van der Waals surface area contributed by atoms with Crippen LogP contribution in [0.15, 0.2) is 30.3 Å². The molecule has 0 amide bonds. The molecule has 82 valence electrons. The maximum Gasteiger partial charge on any atom is 0.209 e. The maximum atomic E-state index is 11.2. The van der Waals surface area contributed by atoms with Gasteiger partial charge in [-0.3, -0.25) is 0 Å². The van der Waals surface area contributed by atoms with Gasteiger partial charge >= 0.3 is 0 Å². The molecule has 1 aromatic rings. The van der Waals surface area contributed by atoms with Gasteiger partial charge in [-0.2, -0.15) is 0 Å². The molecule has 1 rings (SSSR count). The van der Waals surface area contributed by atoms with Gasteiger partial charge < -0.3 is 4.90 Å². The molecule has 1 aromatic carbocycles. The van der Waals surface area contributed by atoms with E-state index in [1.54, 1.807) is 0 Å². The fourth-order valence-corrected chi connectivity index (χ4v) is 1.50. The van der Waals surface area contributed by atoms with E-state index < -0.39 is 0 Å². The van der Waals surface area contributed by atoms with Crippen molar-refractivity contribution in [2.45, 2.75) is 13.8 Å². The Kier molecular flexibility index (Phi) is 4.81. The van der Waals surface area contributed by atoms with Gasteiger partial charge in [0, 0.05) is 17.1 Å². The number of para-hydroxylation sites is 1. The quantitative estimate of drug-likeness (QED) is 0.668. The summed E-state index contributed by atoms with van der Waals surface area (Å²) in [5, 5.41) is 0. The molecule has 0 fully saturated rings. The first kappa shape index (κ1) is 11.7. The van der Waals surface area contributed by atoms with Gasteiger partial charge in [0.05, 0.1) is 6.54 Å². The van der Waals surface area contributed by atoms with Crippen molar-refractivity contribution in [3.63, 3.8) is 0 Å². The van der Waals surface area contributed by atoms with Crippen LogP contribution in [0.1, 0.15) is 13.8 Å². The molecule has 0 aromatic heterocycles. The van der Waals surface area contributed by atoms with Crippen LogP contribution in [0.4, 0.5) is 5.69 Å². The lowest BCUT2D eigenvalue weighted by Gasteiger charge is -2.20. The monoisotopic (exact) mass is 207 g/mol. The third-order valence-corrected chi connectivity index (χ3v) is 2.48. The lowest BCUT2D eigenvalue weighted by atomic mass is 10.3. The van der Waals surface area contributed by atoms with Crippen LogP contribution < -0.4 is 4.90 Å². The van der Waals surface area contributed by atoms with Crippen LogP contribution in [0.25, 0.3) is 0 Å². The molecule has 0 heterocycles. The smallest absolute Gasteiger partial charge is 0.209 e. The van der Waals surface area contributed by atoms with Gasteiger partial charge in [0.15, 0.2) is 6.54 Å². The zero-order valence-electron chi connectivity index (χ0n) is 9.52. The molecule has 0 spiro atoms. The van der Waals surface area contributed by atoms with Gasteiger partial charge in [0.25, 0.3) is 0 Å². The summed E-state index contributed by atoms with van der Waals surface area (Å²) in [4.78, 5) is 13.4. The Labute approximate surface area is 91.3 Å². The van der Waals surface area contributed by atoms with Crippen LogP contribution in [0, 0.1) is 4.91 Å². The van der Waals surface area contributed by atoms with E-state index in [1.165, 1.54) is 5.69 Å². The standard InChI is InChI=1S/C12H19N2O/c1-3-13(10-11-14(15)4-2)12-8-6-5-7-9-12/h5-9H,3-4,10-11H2,1-2H3/q+1. The fraction of sp³-hybridized carbons (Fsp3) is 0.500. The molecule has 0 N–H and O–H groups in total. The largest absolute Gasteiger partial charge is 0.365 e. The van der Waals surface area contributed by atoms with E-state index in [-0.39, 0.29) is 0 Å². The fourth-order valence-electron chi connectivity index (χ4n) is 1.50. The van der Waals surface area contributed by atoms with E-state index in [0.717, 1.165) is 17.8 Å². The minimum Gasteiger partial charge on any atom is -0.365 e. The molecule has 15 heavy (non-hydrogen) atoms. The van der Waals surface area contributed by atoms with Crippen LogP contribution in [-0.4, -0.2) is 30.9 Å². The number of likely N-dealkylation sites (N-methyl/N-ethyl adjacent to an activating group) is 2.